The summed E-state index contributed by atoms with van der Waals surface area (Å²) in [7, 11) is 0. The second kappa shape index (κ2) is 6.45. The monoisotopic (exact) mass is 286 g/mol. The summed E-state index contributed by atoms with van der Waals surface area (Å²) >= 11 is 6.65. The second-order valence-corrected chi connectivity index (χ2v) is 6.50. The molecule has 0 nitrogen and oxygen atoms in total. The van der Waals surface area contributed by atoms with Crippen molar-refractivity contribution in [3.63, 3.8) is 0 Å². The molecule has 0 aromatic heterocycles. The Hall–Kier alpha value is -1.27. The molecule has 20 heavy (non-hydrogen) atoms. The Labute approximate surface area is 127 Å². The number of alkyl halides is 1. The van der Waals surface area contributed by atoms with Crippen LogP contribution in [-0.4, -0.2) is 0 Å². The Morgan fingerprint density at radius 3 is 2.15 bits per heavy atom. The van der Waals surface area contributed by atoms with Crippen LogP contribution < -0.4 is 0 Å². The summed E-state index contributed by atoms with van der Waals surface area (Å²) in [5.41, 5.74) is 6.30. The van der Waals surface area contributed by atoms with Gasteiger partial charge in [0.15, 0.2) is 0 Å². The Morgan fingerprint density at radius 2 is 1.60 bits per heavy atom. The van der Waals surface area contributed by atoms with Gasteiger partial charge in [0.25, 0.3) is 0 Å². The van der Waals surface area contributed by atoms with Crippen LogP contribution in [0.5, 0.6) is 0 Å². The van der Waals surface area contributed by atoms with Gasteiger partial charge in [-0.2, -0.15) is 0 Å². The van der Waals surface area contributed by atoms with E-state index in [0.29, 0.717) is 5.92 Å². The number of hydrogen-bond donors (Lipinski definition) is 0. The molecule has 0 spiro atoms. The summed E-state index contributed by atoms with van der Waals surface area (Å²) in [5.74, 6) is 0.687. The van der Waals surface area contributed by atoms with E-state index >= 15 is 0 Å². The van der Waals surface area contributed by atoms with Gasteiger partial charge in [0.2, 0.25) is 0 Å². The molecule has 0 amide bonds. The van der Waals surface area contributed by atoms with Crippen LogP contribution in [0.4, 0.5) is 0 Å². The lowest BCUT2D eigenvalue weighted by atomic mass is 9.96. The number of rotatable bonds is 4. The zero-order chi connectivity index (χ0) is 14.7. The largest absolute Gasteiger partial charge is 0.113 e. The maximum Gasteiger partial charge on any atom is 0.0838 e. The number of benzene rings is 2. The van der Waals surface area contributed by atoms with Crippen molar-refractivity contribution in [1.82, 2.24) is 0 Å². The van der Waals surface area contributed by atoms with Gasteiger partial charge in [-0.25, -0.2) is 0 Å². The second-order valence-electron chi connectivity index (χ2n) is 6.06. The van der Waals surface area contributed by atoms with Crippen LogP contribution in [0.15, 0.2) is 42.5 Å². The molecule has 1 atom stereocenters. The van der Waals surface area contributed by atoms with E-state index in [9.17, 15) is 0 Å². The molecule has 1 unspecified atom stereocenters. The average molecular weight is 287 g/mol. The number of hydrogen-bond acceptors (Lipinski definition) is 0. The van der Waals surface area contributed by atoms with Gasteiger partial charge in [-0.3, -0.25) is 0 Å². The Bertz CT molecular complexity index is 567. The summed E-state index contributed by atoms with van der Waals surface area (Å²) in [6.07, 6.45) is 1.12. The van der Waals surface area contributed by atoms with Crippen molar-refractivity contribution in [2.75, 3.05) is 0 Å². The maximum absolute atomic E-state index is 6.65. The Morgan fingerprint density at radius 1 is 0.950 bits per heavy atom. The predicted molar refractivity (Wildman–Crippen MR) is 88.6 cm³/mol. The molecule has 0 bridgehead atoms. The molecule has 2 aromatic carbocycles. The predicted octanol–water partition coefficient (Wildman–Crippen LogP) is 5.83. The van der Waals surface area contributed by atoms with Crippen molar-refractivity contribution in [1.29, 1.82) is 0 Å². The zero-order valence-corrected chi connectivity index (χ0v) is 13.5. The third-order valence-corrected chi connectivity index (χ3v) is 4.10. The SMILES string of the molecule is Cc1ccc(C(Cl)c2ccc(CC(C)C)cc2)c(C)c1. The molecule has 0 aliphatic carbocycles. The molecule has 0 fully saturated rings. The molecule has 0 saturated heterocycles. The Balaban J connectivity index is 2.22. The van der Waals surface area contributed by atoms with Crippen molar-refractivity contribution in [2.45, 2.75) is 39.5 Å². The minimum absolute atomic E-state index is 0.0660. The molecule has 0 aliphatic rings. The van der Waals surface area contributed by atoms with E-state index in [2.05, 4.69) is 70.2 Å². The third kappa shape index (κ3) is 3.64. The van der Waals surface area contributed by atoms with Crippen LogP contribution in [-0.2, 0) is 6.42 Å². The lowest BCUT2D eigenvalue weighted by Gasteiger charge is -2.15. The lowest BCUT2D eigenvalue weighted by Crippen LogP contribution is -1.98. The molecular weight excluding hydrogens is 264 g/mol. The molecule has 2 aromatic rings. The van der Waals surface area contributed by atoms with Crippen LogP contribution >= 0.6 is 11.6 Å². The molecule has 0 aliphatic heterocycles. The summed E-state index contributed by atoms with van der Waals surface area (Å²) in [6, 6.07) is 15.2. The van der Waals surface area contributed by atoms with Crippen molar-refractivity contribution in [3.05, 3.63) is 70.3 Å². The first-order valence-corrected chi connectivity index (χ1v) is 7.71. The van der Waals surface area contributed by atoms with Gasteiger partial charge in [0.05, 0.1) is 5.38 Å². The van der Waals surface area contributed by atoms with Crippen LogP contribution in [0.2, 0.25) is 0 Å². The normalized spacial score (nSPS) is 12.7. The average Bonchev–Trinajstić information content (AvgIpc) is 2.38. The molecular formula is C19H23Cl. The van der Waals surface area contributed by atoms with Crippen molar-refractivity contribution in [2.24, 2.45) is 5.92 Å². The topological polar surface area (TPSA) is 0 Å². The third-order valence-electron chi connectivity index (χ3n) is 3.61. The summed E-state index contributed by atoms with van der Waals surface area (Å²) in [5, 5.41) is -0.0660. The first kappa shape index (κ1) is 15.1. The fourth-order valence-electron chi connectivity index (χ4n) is 2.58. The van der Waals surface area contributed by atoms with Gasteiger partial charge in [-0.05, 0) is 48.4 Å². The van der Waals surface area contributed by atoms with E-state index in [-0.39, 0.29) is 5.38 Å². The maximum atomic E-state index is 6.65. The van der Waals surface area contributed by atoms with Gasteiger partial charge in [-0.1, -0.05) is 61.9 Å². The number of halogens is 1. The van der Waals surface area contributed by atoms with Crippen LogP contribution in [0.25, 0.3) is 0 Å². The van der Waals surface area contributed by atoms with E-state index in [1.807, 2.05) is 0 Å². The van der Waals surface area contributed by atoms with E-state index in [4.69, 9.17) is 11.6 Å². The minimum atomic E-state index is -0.0660. The fourth-order valence-corrected chi connectivity index (χ4v) is 2.97. The summed E-state index contributed by atoms with van der Waals surface area (Å²) in [4.78, 5) is 0. The molecule has 0 radical (unpaired) electrons. The molecule has 1 heteroatoms. The zero-order valence-electron chi connectivity index (χ0n) is 12.8. The van der Waals surface area contributed by atoms with E-state index in [1.54, 1.807) is 0 Å². The molecule has 2 rings (SSSR count). The van der Waals surface area contributed by atoms with Crippen LogP contribution in [0, 0.1) is 19.8 Å². The van der Waals surface area contributed by atoms with E-state index < -0.39 is 0 Å². The van der Waals surface area contributed by atoms with Crippen molar-refractivity contribution >= 4 is 11.6 Å². The quantitative estimate of drug-likeness (QED) is 0.620. The first-order chi connectivity index (χ1) is 9.47. The molecule has 0 heterocycles. The Kier molecular flexibility index (Phi) is 4.88. The summed E-state index contributed by atoms with van der Waals surface area (Å²) < 4.78 is 0. The fraction of sp³-hybridized carbons (Fsp3) is 0.368. The van der Waals surface area contributed by atoms with Gasteiger partial charge in [-0.15, -0.1) is 11.6 Å². The van der Waals surface area contributed by atoms with Gasteiger partial charge >= 0.3 is 0 Å². The highest BCUT2D eigenvalue weighted by atomic mass is 35.5. The molecule has 106 valence electrons. The van der Waals surface area contributed by atoms with Crippen LogP contribution in [0.3, 0.4) is 0 Å². The highest BCUT2D eigenvalue weighted by Crippen LogP contribution is 2.31. The van der Waals surface area contributed by atoms with Crippen LogP contribution in [0.1, 0.15) is 47.0 Å². The van der Waals surface area contributed by atoms with Gasteiger partial charge in [0.1, 0.15) is 0 Å². The first-order valence-electron chi connectivity index (χ1n) is 7.27. The van der Waals surface area contributed by atoms with Crippen molar-refractivity contribution < 1.29 is 0 Å². The highest BCUT2D eigenvalue weighted by Gasteiger charge is 2.13. The number of aryl methyl sites for hydroxylation is 2. The summed E-state index contributed by atoms with van der Waals surface area (Å²) in [6.45, 7) is 8.73. The lowest BCUT2D eigenvalue weighted by molar-refractivity contribution is 0.647. The van der Waals surface area contributed by atoms with Gasteiger partial charge < -0.3 is 0 Å². The van der Waals surface area contributed by atoms with E-state index in [0.717, 1.165) is 6.42 Å². The molecule has 0 N–H and O–H groups in total. The standard InChI is InChI=1S/C19H23Cl/c1-13(2)11-16-6-8-17(9-7-16)19(20)18-10-5-14(3)12-15(18)4/h5-10,12-13,19H,11H2,1-4H3. The smallest absolute Gasteiger partial charge is 0.0838 e. The van der Waals surface area contributed by atoms with Gasteiger partial charge in [0, 0.05) is 0 Å². The van der Waals surface area contributed by atoms with E-state index in [1.165, 1.54) is 27.8 Å². The molecule has 0 saturated carbocycles. The highest BCUT2D eigenvalue weighted by molar-refractivity contribution is 6.22. The minimum Gasteiger partial charge on any atom is -0.113 e. The van der Waals surface area contributed by atoms with Crippen molar-refractivity contribution in [3.8, 4) is 0 Å².